The summed E-state index contributed by atoms with van der Waals surface area (Å²) in [5.74, 6) is 1.48. The minimum Gasteiger partial charge on any atom is -0.497 e. The molecule has 31 heavy (non-hydrogen) atoms. The number of benzene rings is 1. The maximum absolute atomic E-state index is 11.7. The third kappa shape index (κ3) is 4.67. The molecule has 1 aliphatic rings. The second-order valence-corrected chi connectivity index (χ2v) is 9.38. The van der Waals surface area contributed by atoms with Gasteiger partial charge in [0.1, 0.15) is 11.5 Å². The van der Waals surface area contributed by atoms with Crippen LogP contribution in [0.4, 0.5) is 0 Å². The van der Waals surface area contributed by atoms with Crippen LogP contribution >= 0.6 is 0 Å². The molecule has 0 atom stereocenters. The standard InChI is InChI=1S/C22H24N4O4S/c1-29-17-5-7-21(30-2)18(10-17)20-6-4-15(11-23-20)13-26-9-8-19-16(14-26)12-24-22(25-19)31(3,27)28/h4-7,10-12H,8-9,13-14H2,1-3H3. The van der Waals surface area contributed by atoms with Crippen molar-refractivity contribution in [3.05, 3.63) is 59.5 Å². The summed E-state index contributed by atoms with van der Waals surface area (Å²) in [5, 5.41) is -0.104. The van der Waals surface area contributed by atoms with Crippen molar-refractivity contribution in [3.63, 3.8) is 0 Å². The molecule has 0 amide bonds. The van der Waals surface area contributed by atoms with Crippen LogP contribution < -0.4 is 9.47 Å². The van der Waals surface area contributed by atoms with Crippen molar-refractivity contribution in [3.8, 4) is 22.8 Å². The van der Waals surface area contributed by atoms with Gasteiger partial charge in [-0.15, -0.1) is 0 Å². The third-order valence-corrected chi connectivity index (χ3v) is 6.10. The lowest BCUT2D eigenvalue weighted by molar-refractivity contribution is 0.242. The first-order valence-corrected chi connectivity index (χ1v) is 11.7. The maximum Gasteiger partial charge on any atom is 0.246 e. The largest absolute Gasteiger partial charge is 0.497 e. The van der Waals surface area contributed by atoms with Crippen molar-refractivity contribution < 1.29 is 17.9 Å². The molecule has 4 rings (SSSR count). The predicted molar refractivity (Wildman–Crippen MR) is 116 cm³/mol. The molecule has 0 saturated carbocycles. The Morgan fingerprint density at radius 3 is 2.58 bits per heavy atom. The number of sulfone groups is 1. The zero-order chi connectivity index (χ0) is 22.0. The Morgan fingerprint density at radius 1 is 1.06 bits per heavy atom. The number of ether oxygens (including phenoxy) is 2. The van der Waals surface area contributed by atoms with Crippen LogP contribution in [0.1, 0.15) is 16.8 Å². The van der Waals surface area contributed by atoms with Gasteiger partial charge < -0.3 is 9.47 Å². The van der Waals surface area contributed by atoms with E-state index in [-0.39, 0.29) is 5.16 Å². The van der Waals surface area contributed by atoms with Gasteiger partial charge in [0, 0.05) is 55.8 Å². The van der Waals surface area contributed by atoms with E-state index >= 15 is 0 Å². The zero-order valence-corrected chi connectivity index (χ0v) is 18.5. The summed E-state index contributed by atoms with van der Waals surface area (Å²) in [6, 6.07) is 9.67. The molecule has 1 aliphatic heterocycles. The molecule has 8 nitrogen and oxygen atoms in total. The van der Waals surface area contributed by atoms with E-state index in [0.717, 1.165) is 58.9 Å². The van der Waals surface area contributed by atoms with Crippen LogP contribution in [0.25, 0.3) is 11.3 Å². The summed E-state index contributed by atoms with van der Waals surface area (Å²) in [6.07, 6.45) is 5.31. The van der Waals surface area contributed by atoms with Gasteiger partial charge in [-0.3, -0.25) is 9.88 Å². The first-order chi connectivity index (χ1) is 14.9. The van der Waals surface area contributed by atoms with Gasteiger partial charge in [-0.2, -0.15) is 0 Å². The first-order valence-electron chi connectivity index (χ1n) is 9.82. The average molecular weight is 441 g/mol. The molecule has 3 aromatic rings. The number of fused-ring (bicyclic) bond motifs is 1. The van der Waals surface area contributed by atoms with Gasteiger partial charge in [0.2, 0.25) is 15.0 Å². The smallest absolute Gasteiger partial charge is 0.246 e. The monoisotopic (exact) mass is 440 g/mol. The Bertz CT molecular complexity index is 1200. The molecule has 1 aromatic carbocycles. The van der Waals surface area contributed by atoms with Gasteiger partial charge in [-0.1, -0.05) is 6.07 Å². The van der Waals surface area contributed by atoms with Crippen LogP contribution in [0.3, 0.4) is 0 Å². The third-order valence-electron chi connectivity index (χ3n) is 5.24. The molecule has 0 fully saturated rings. The Balaban J connectivity index is 1.48. The Hall–Kier alpha value is -3.04. The SMILES string of the molecule is COc1ccc(OC)c(-c2ccc(CN3CCc4nc(S(C)(=O)=O)ncc4C3)cn2)c1. The van der Waals surface area contributed by atoms with E-state index < -0.39 is 9.84 Å². The second kappa shape index (κ2) is 8.60. The van der Waals surface area contributed by atoms with Crippen LogP contribution in [0.5, 0.6) is 11.5 Å². The fraction of sp³-hybridized carbons (Fsp3) is 0.318. The van der Waals surface area contributed by atoms with Crippen molar-refractivity contribution >= 4 is 9.84 Å². The summed E-state index contributed by atoms with van der Waals surface area (Å²) in [6.45, 7) is 2.19. The highest BCUT2D eigenvalue weighted by molar-refractivity contribution is 7.90. The fourth-order valence-corrected chi connectivity index (χ4v) is 4.14. The Morgan fingerprint density at radius 2 is 1.90 bits per heavy atom. The lowest BCUT2D eigenvalue weighted by atomic mass is 10.1. The van der Waals surface area contributed by atoms with Gasteiger partial charge in [0.25, 0.3) is 0 Å². The molecular weight excluding hydrogens is 416 g/mol. The minimum atomic E-state index is -3.40. The number of hydrogen-bond donors (Lipinski definition) is 0. The normalized spacial score (nSPS) is 14.2. The average Bonchev–Trinajstić information content (AvgIpc) is 2.78. The van der Waals surface area contributed by atoms with Crippen LogP contribution in [0.2, 0.25) is 0 Å². The number of hydrogen-bond acceptors (Lipinski definition) is 8. The zero-order valence-electron chi connectivity index (χ0n) is 17.7. The first kappa shape index (κ1) is 21.2. The Labute approximate surface area is 181 Å². The van der Waals surface area contributed by atoms with Gasteiger partial charge in [0.05, 0.1) is 25.6 Å². The van der Waals surface area contributed by atoms with Crippen LogP contribution in [-0.4, -0.2) is 55.3 Å². The van der Waals surface area contributed by atoms with E-state index in [9.17, 15) is 8.42 Å². The number of pyridine rings is 1. The van der Waals surface area contributed by atoms with Crippen molar-refractivity contribution in [2.75, 3.05) is 27.0 Å². The molecule has 0 saturated heterocycles. The summed E-state index contributed by atoms with van der Waals surface area (Å²) < 4.78 is 34.1. The number of methoxy groups -OCH3 is 2. The topological polar surface area (TPSA) is 94.5 Å². The van der Waals surface area contributed by atoms with Crippen molar-refractivity contribution in [2.45, 2.75) is 24.7 Å². The lowest BCUT2D eigenvalue weighted by Crippen LogP contribution is -2.31. The van der Waals surface area contributed by atoms with E-state index in [1.165, 1.54) is 0 Å². The van der Waals surface area contributed by atoms with E-state index in [0.29, 0.717) is 13.0 Å². The summed E-state index contributed by atoms with van der Waals surface area (Å²) >= 11 is 0. The van der Waals surface area contributed by atoms with E-state index in [1.54, 1.807) is 20.4 Å². The lowest BCUT2D eigenvalue weighted by Gasteiger charge is -2.27. The van der Waals surface area contributed by atoms with Crippen molar-refractivity contribution in [1.29, 1.82) is 0 Å². The number of rotatable bonds is 6. The number of nitrogens with zero attached hydrogens (tertiary/aromatic N) is 4. The molecular formula is C22H24N4O4S. The quantitative estimate of drug-likeness (QED) is 0.540. The van der Waals surface area contributed by atoms with E-state index in [1.807, 2.05) is 30.5 Å². The highest BCUT2D eigenvalue weighted by Crippen LogP contribution is 2.32. The minimum absolute atomic E-state index is 0.104. The molecule has 0 aliphatic carbocycles. The summed E-state index contributed by atoms with van der Waals surface area (Å²) in [7, 11) is -0.130. The van der Waals surface area contributed by atoms with Crippen molar-refractivity contribution in [1.82, 2.24) is 19.9 Å². The van der Waals surface area contributed by atoms with Crippen LogP contribution in [0, 0.1) is 0 Å². The molecule has 3 heterocycles. The van der Waals surface area contributed by atoms with Gasteiger partial charge in [-0.05, 0) is 29.8 Å². The highest BCUT2D eigenvalue weighted by Gasteiger charge is 2.21. The fourth-order valence-electron chi connectivity index (χ4n) is 3.62. The number of aromatic nitrogens is 3. The summed E-state index contributed by atoms with van der Waals surface area (Å²) in [5.41, 5.74) is 4.54. The van der Waals surface area contributed by atoms with Gasteiger partial charge in [-0.25, -0.2) is 18.4 Å². The molecule has 0 radical (unpaired) electrons. The molecule has 2 aromatic heterocycles. The molecule has 0 unspecified atom stereocenters. The maximum atomic E-state index is 11.7. The van der Waals surface area contributed by atoms with E-state index in [4.69, 9.17) is 9.47 Å². The second-order valence-electron chi connectivity index (χ2n) is 7.48. The predicted octanol–water partition coefficient (Wildman–Crippen LogP) is 2.52. The van der Waals surface area contributed by atoms with Crippen LogP contribution in [0.15, 0.2) is 47.9 Å². The molecule has 162 valence electrons. The molecule has 9 heteroatoms. The van der Waals surface area contributed by atoms with Crippen molar-refractivity contribution in [2.24, 2.45) is 0 Å². The van der Waals surface area contributed by atoms with Gasteiger partial charge in [0.15, 0.2) is 0 Å². The Kier molecular flexibility index (Phi) is 5.88. The molecule has 0 N–H and O–H groups in total. The highest BCUT2D eigenvalue weighted by atomic mass is 32.2. The van der Waals surface area contributed by atoms with Gasteiger partial charge >= 0.3 is 0 Å². The molecule has 0 bridgehead atoms. The van der Waals surface area contributed by atoms with E-state index in [2.05, 4.69) is 25.9 Å². The molecule has 0 spiro atoms. The summed E-state index contributed by atoms with van der Waals surface area (Å²) in [4.78, 5) is 15.2. The van der Waals surface area contributed by atoms with Crippen LogP contribution in [-0.2, 0) is 29.3 Å².